The SMILES string of the molecule is COS(=O)(=O)c1ccc(C)cc1.CSc1nc2ccccc2s1. The molecule has 0 unspecified atom stereocenters. The summed E-state index contributed by atoms with van der Waals surface area (Å²) >= 11 is 3.45. The fraction of sp³-hybridized carbons (Fsp3) is 0.188. The molecule has 1 heterocycles. The number of hydrogen-bond donors (Lipinski definition) is 0. The van der Waals surface area contributed by atoms with E-state index in [-0.39, 0.29) is 4.90 Å². The molecule has 0 atom stereocenters. The molecular formula is C16H17NO3S3. The second-order valence-corrected chi connectivity index (χ2v) is 8.38. The Hall–Kier alpha value is -1.41. The van der Waals surface area contributed by atoms with E-state index in [9.17, 15) is 8.42 Å². The largest absolute Gasteiger partial charge is 0.296 e. The van der Waals surface area contributed by atoms with Crippen LogP contribution in [0.4, 0.5) is 0 Å². The molecule has 0 fully saturated rings. The predicted molar refractivity (Wildman–Crippen MR) is 96.8 cm³/mol. The number of thiazole rings is 1. The first-order valence-corrected chi connectivity index (χ1v) is 10.2. The van der Waals surface area contributed by atoms with Gasteiger partial charge in [-0.1, -0.05) is 41.6 Å². The van der Waals surface area contributed by atoms with Gasteiger partial charge in [0.2, 0.25) is 0 Å². The van der Waals surface area contributed by atoms with E-state index < -0.39 is 10.1 Å². The monoisotopic (exact) mass is 367 g/mol. The summed E-state index contributed by atoms with van der Waals surface area (Å²) in [5.74, 6) is 0. The van der Waals surface area contributed by atoms with Crippen LogP contribution in [0.15, 0.2) is 57.8 Å². The lowest BCUT2D eigenvalue weighted by molar-refractivity contribution is 0.398. The van der Waals surface area contributed by atoms with Crippen molar-refractivity contribution in [3.63, 3.8) is 0 Å². The van der Waals surface area contributed by atoms with E-state index in [1.807, 2.05) is 25.1 Å². The minimum absolute atomic E-state index is 0.190. The van der Waals surface area contributed by atoms with Gasteiger partial charge in [0, 0.05) is 0 Å². The molecule has 23 heavy (non-hydrogen) atoms. The van der Waals surface area contributed by atoms with Crippen molar-refractivity contribution in [2.75, 3.05) is 13.4 Å². The van der Waals surface area contributed by atoms with Gasteiger partial charge in [-0.15, -0.1) is 11.3 Å². The standard InChI is InChI=1S/C8H7NS2.C8H10O3S/c1-10-8-9-6-4-2-3-5-7(6)11-8;1-7-3-5-8(6-4-7)12(9,10)11-2/h2-5H,1H3;3-6H,1-2H3. The molecule has 2 aromatic carbocycles. The van der Waals surface area contributed by atoms with Gasteiger partial charge in [-0.3, -0.25) is 4.18 Å². The number of benzene rings is 2. The Morgan fingerprint density at radius 2 is 1.74 bits per heavy atom. The van der Waals surface area contributed by atoms with Crippen molar-refractivity contribution in [3.05, 3.63) is 54.1 Å². The second kappa shape index (κ2) is 7.92. The highest BCUT2D eigenvalue weighted by molar-refractivity contribution is 8.00. The fourth-order valence-electron chi connectivity index (χ4n) is 1.74. The molecule has 0 aliphatic heterocycles. The van der Waals surface area contributed by atoms with Crippen molar-refractivity contribution in [1.29, 1.82) is 0 Å². The summed E-state index contributed by atoms with van der Waals surface area (Å²) < 4.78 is 28.9. The fourth-order valence-corrected chi connectivity index (χ4v) is 3.89. The van der Waals surface area contributed by atoms with Crippen LogP contribution >= 0.6 is 23.1 Å². The van der Waals surface area contributed by atoms with Crippen LogP contribution in [0.5, 0.6) is 0 Å². The average molecular weight is 368 g/mol. The Morgan fingerprint density at radius 1 is 1.09 bits per heavy atom. The van der Waals surface area contributed by atoms with Gasteiger partial charge in [0.1, 0.15) is 0 Å². The minimum atomic E-state index is -3.51. The van der Waals surface area contributed by atoms with Crippen molar-refractivity contribution < 1.29 is 12.6 Å². The molecule has 0 saturated carbocycles. The van der Waals surface area contributed by atoms with Gasteiger partial charge >= 0.3 is 0 Å². The first-order chi connectivity index (χ1) is 11.0. The molecule has 4 nitrogen and oxygen atoms in total. The molecule has 0 spiro atoms. The summed E-state index contributed by atoms with van der Waals surface area (Å²) in [4.78, 5) is 4.60. The van der Waals surface area contributed by atoms with E-state index in [1.54, 1.807) is 35.2 Å². The van der Waals surface area contributed by atoms with Crippen molar-refractivity contribution in [2.45, 2.75) is 16.2 Å². The van der Waals surface area contributed by atoms with E-state index in [0.717, 1.165) is 22.5 Å². The molecule has 7 heteroatoms. The zero-order chi connectivity index (χ0) is 16.9. The van der Waals surface area contributed by atoms with Crippen LogP contribution in [0.2, 0.25) is 0 Å². The summed E-state index contributed by atoms with van der Waals surface area (Å²) in [6.07, 6.45) is 2.05. The lowest BCUT2D eigenvalue weighted by atomic mass is 10.2. The number of aryl methyl sites for hydroxylation is 1. The summed E-state index contributed by atoms with van der Waals surface area (Å²) in [6.45, 7) is 1.89. The molecule has 3 aromatic rings. The lowest BCUT2D eigenvalue weighted by Crippen LogP contribution is -2.02. The van der Waals surface area contributed by atoms with Crippen LogP contribution in [0.3, 0.4) is 0 Å². The van der Waals surface area contributed by atoms with Gasteiger partial charge in [-0.25, -0.2) is 4.98 Å². The highest BCUT2D eigenvalue weighted by Gasteiger charge is 2.11. The highest BCUT2D eigenvalue weighted by atomic mass is 32.2. The van der Waals surface area contributed by atoms with Gasteiger partial charge in [0.25, 0.3) is 10.1 Å². The summed E-state index contributed by atoms with van der Waals surface area (Å²) in [7, 11) is -2.37. The maximum atomic E-state index is 11.1. The summed E-state index contributed by atoms with van der Waals surface area (Å²) in [6, 6.07) is 14.7. The number of para-hydroxylation sites is 1. The van der Waals surface area contributed by atoms with Gasteiger partial charge < -0.3 is 0 Å². The average Bonchev–Trinajstić information content (AvgIpc) is 2.99. The number of fused-ring (bicyclic) bond motifs is 1. The Morgan fingerprint density at radius 3 is 2.30 bits per heavy atom. The number of rotatable bonds is 3. The molecular weight excluding hydrogens is 350 g/mol. The van der Waals surface area contributed by atoms with Crippen LogP contribution in [-0.4, -0.2) is 26.8 Å². The molecule has 0 radical (unpaired) electrons. The van der Waals surface area contributed by atoms with Gasteiger partial charge in [0.05, 0.1) is 22.2 Å². The van der Waals surface area contributed by atoms with Crippen LogP contribution in [0, 0.1) is 6.92 Å². The number of hydrogen-bond acceptors (Lipinski definition) is 6. The third-order valence-corrected chi connectivity index (χ3v) is 6.29. The molecule has 0 aliphatic rings. The second-order valence-electron chi connectivity index (χ2n) is 4.59. The Balaban J connectivity index is 0.000000167. The van der Waals surface area contributed by atoms with E-state index in [2.05, 4.69) is 21.5 Å². The molecule has 0 amide bonds. The third-order valence-electron chi connectivity index (χ3n) is 2.98. The molecule has 122 valence electrons. The van der Waals surface area contributed by atoms with E-state index in [0.29, 0.717) is 0 Å². The highest BCUT2D eigenvalue weighted by Crippen LogP contribution is 2.27. The molecule has 1 aromatic heterocycles. The number of thioether (sulfide) groups is 1. The smallest absolute Gasteiger partial charge is 0.270 e. The van der Waals surface area contributed by atoms with E-state index in [1.165, 1.54) is 16.8 Å². The number of aromatic nitrogens is 1. The Kier molecular flexibility index (Phi) is 6.17. The van der Waals surface area contributed by atoms with E-state index in [4.69, 9.17) is 0 Å². The Labute approximate surface area is 144 Å². The first-order valence-electron chi connectivity index (χ1n) is 6.73. The zero-order valence-corrected chi connectivity index (χ0v) is 15.5. The van der Waals surface area contributed by atoms with Crippen LogP contribution in [0.1, 0.15) is 5.56 Å². The first kappa shape index (κ1) is 17.9. The maximum absolute atomic E-state index is 11.1. The van der Waals surface area contributed by atoms with Gasteiger partial charge in [0.15, 0.2) is 4.34 Å². The molecule has 0 bridgehead atoms. The molecule has 0 N–H and O–H groups in total. The van der Waals surface area contributed by atoms with Crippen molar-refractivity contribution >= 4 is 43.4 Å². The van der Waals surface area contributed by atoms with Gasteiger partial charge in [-0.2, -0.15) is 8.42 Å². The van der Waals surface area contributed by atoms with Crippen molar-refractivity contribution in [3.8, 4) is 0 Å². The van der Waals surface area contributed by atoms with Crippen LogP contribution < -0.4 is 0 Å². The topological polar surface area (TPSA) is 56.3 Å². The van der Waals surface area contributed by atoms with Crippen LogP contribution in [0.25, 0.3) is 10.2 Å². The summed E-state index contributed by atoms with van der Waals surface area (Å²) in [5, 5.41) is 0. The van der Waals surface area contributed by atoms with Gasteiger partial charge in [-0.05, 0) is 37.4 Å². The van der Waals surface area contributed by atoms with E-state index >= 15 is 0 Å². The normalized spacial score (nSPS) is 11.1. The molecule has 0 saturated heterocycles. The quantitative estimate of drug-likeness (QED) is 0.509. The molecule has 0 aliphatic carbocycles. The summed E-state index contributed by atoms with van der Waals surface area (Å²) in [5.41, 5.74) is 2.13. The Bertz CT molecular complexity index is 838. The zero-order valence-electron chi connectivity index (χ0n) is 13.0. The minimum Gasteiger partial charge on any atom is -0.270 e. The van der Waals surface area contributed by atoms with Crippen molar-refractivity contribution in [2.24, 2.45) is 0 Å². The predicted octanol–water partition coefficient (Wildman–Crippen LogP) is 4.35. The number of nitrogens with zero attached hydrogens (tertiary/aromatic N) is 1. The third kappa shape index (κ3) is 4.78. The lowest BCUT2D eigenvalue weighted by Gasteiger charge is -2.00. The van der Waals surface area contributed by atoms with Crippen molar-refractivity contribution in [1.82, 2.24) is 4.98 Å². The molecule has 3 rings (SSSR count). The maximum Gasteiger partial charge on any atom is 0.296 e. The van der Waals surface area contributed by atoms with Crippen LogP contribution in [-0.2, 0) is 14.3 Å².